The molecular weight excluding hydrogens is 975 g/mol. The second-order valence-corrected chi connectivity index (χ2v) is 23.2. The number of phosphoric acid groups is 3. The van der Waals surface area contributed by atoms with E-state index in [1.54, 1.807) is 0 Å². The van der Waals surface area contributed by atoms with Crippen molar-refractivity contribution in [3.8, 4) is 0 Å². The van der Waals surface area contributed by atoms with Gasteiger partial charge in [-0.1, -0.05) is 123 Å². The highest BCUT2D eigenvalue weighted by Gasteiger charge is 2.50. The molecule has 390 valence electrons. The number of amides is 2. The van der Waals surface area contributed by atoms with Crippen molar-refractivity contribution in [2.45, 2.75) is 161 Å². The molecule has 7 unspecified atom stereocenters. The zero-order valence-electron chi connectivity index (χ0n) is 39.3. The second kappa shape index (κ2) is 29.2. The molecule has 1 aliphatic heterocycles. The number of thioether (sulfide) groups is 1. The van der Waals surface area contributed by atoms with Crippen LogP contribution in [0.2, 0.25) is 0 Å². The van der Waals surface area contributed by atoms with Gasteiger partial charge in [0.15, 0.2) is 22.8 Å². The van der Waals surface area contributed by atoms with E-state index >= 15 is 0 Å². The monoisotopic (exact) mass is 1050 g/mol. The lowest BCUT2D eigenvalue weighted by Gasteiger charge is -2.30. The lowest BCUT2D eigenvalue weighted by molar-refractivity contribution is -0.137. The zero-order valence-corrected chi connectivity index (χ0v) is 42.8. The highest BCUT2D eigenvalue weighted by atomic mass is 32.2. The maximum absolute atomic E-state index is 12.7. The summed E-state index contributed by atoms with van der Waals surface area (Å²) in [6, 6.07) is 0. The van der Waals surface area contributed by atoms with Crippen LogP contribution in [0.5, 0.6) is 0 Å². The summed E-state index contributed by atoms with van der Waals surface area (Å²) in [5.74, 6) is -0.214. The van der Waals surface area contributed by atoms with Crippen LogP contribution in [0.25, 0.3) is 11.2 Å². The third kappa shape index (κ3) is 22.3. The van der Waals surface area contributed by atoms with Gasteiger partial charge in [-0.05, 0) is 12.3 Å². The van der Waals surface area contributed by atoms with E-state index in [-0.39, 0.29) is 41.6 Å². The molecule has 10 N–H and O–H groups in total. The fourth-order valence-corrected chi connectivity index (χ4v) is 10.7. The number of unbranched alkanes of at least 4 members (excludes halogenated alkanes) is 12. The maximum atomic E-state index is 12.7. The number of aromatic nitrogens is 4. The molecule has 2 amide bonds. The van der Waals surface area contributed by atoms with Crippen molar-refractivity contribution in [1.82, 2.24) is 30.2 Å². The summed E-state index contributed by atoms with van der Waals surface area (Å²) in [5.41, 5.74) is 4.29. The van der Waals surface area contributed by atoms with Gasteiger partial charge in [-0.15, -0.1) is 0 Å². The minimum atomic E-state index is -5.57. The van der Waals surface area contributed by atoms with Crippen molar-refractivity contribution in [3.05, 3.63) is 12.7 Å². The third-order valence-corrected chi connectivity index (χ3v) is 15.0. The fourth-order valence-electron chi connectivity index (χ4n) is 7.13. The number of hydrogen-bond donors (Lipinski definition) is 9. The quantitative estimate of drug-likeness (QED) is 0.0317. The number of aliphatic hydroxyl groups excluding tert-OH is 2. The first-order valence-electron chi connectivity index (χ1n) is 23.0. The molecule has 7 atom stereocenters. The summed E-state index contributed by atoms with van der Waals surface area (Å²) < 4.78 is 62.5. The maximum Gasteiger partial charge on any atom is 0.481 e. The number of anilines is 1. The molecule has 3 rings (SSSR count). The number of nitrogens with one attached hydrogen (secondary N) is 2. The van der Waals surface area contributed by atoms with Crippen molar-refractivity contribution < 1.29 is 80.5 Å². The average molecular weight is 1050 g/mol. The minimum absolute atomic E-state index is 0.0339. The first-order chi connectivity index (χ1) is 31.9. The van der Waals surface area contributed by atoms with Gasteiger partial charge in [-0.25, -0.2) is 28.6 Å². The number of imidazole rings is 1. The standard InChI is InChI=1S/C40H72N7O17P3S/c1-28(2)18-16-14-12-10-8-6-5-7-9-11-13-15-17-19-31(49)68-23-22-42-30(48)20-21-43-38(52)35(51)40(3,4)25-61-67(58,59)64-66(56,57)60-24-29-34(63-65(53,54)55)33(50)39(62-29)47-27-46-32-36(41)44-26-45-37(32)47/h26-29,33-35,39,50-51H,5-25H2,1-4H3,(H,42,48)(H,43,52)(H,56,57)(H,58,59)(H2,41,44,45)(H2,53,54,55). The van der Waals surface area contributed by atoms with Crippen LogP contribution in [0.1, 0.15) is 137 Å². The molecule has 0 bridgehead atoms. The largest absolute Gasteiger partial charge is 0.481 e. The number of ether oxygens (including phenoxy) is 1. The molecule has 24 nitrogen and oxygen atoms in total. The third-order valence-electron chi connectivity index (χ3n) is 10.9. The Bertz CT molecular complexity index is 2030. The number of nitrogen functional groups attached to an aromatic ring is 1. The van der Waals surface area contributed by atoms with Gasteiger partial charge in [0.05, 0.1) is 19.5 Å². The molecule has 0 spiro atoms. The first kappa shape index (κ1) is 59.9. The lowest BCUT2D eigenvalue weighted by Crippen LogP contribution is -2.46. The first-order valence-corrected chi connectivity index (χ1v) is 28.5. The number of carbonyl (C=O) groups is 3. The van der Waals surface area contributed by atoms with Gasteiger partial charge in [-0.2, -0.15) is 4.31 Å². The van der Waals surface area contributed by atoms with Crippen molar-refractivity contribution in [2.75, 3.05) is 37.8 Å². The van der Waals surface area contributed by atoms with Crippen molar-refractivity contribution >= 4 is 69.1 Å². The van der Waals surface area contributed by atoms with E-state index in [1.165, 1.54) is 84.5 Å². The minimum Gasteiger partial charge on any atom is -0.386 e. The van der Waals surface area contributed by atoms with Crippen LogP contribution < -0.4 is 16.4 Å². The van der Waals surface area contributed by atoms with E-state index in [4.69, 9.17) is 19.5 Å². The Balaban J connectivity index is 1.28. The van der Waals surface area contributed by atoms with E-state index in [1.807, 2.05) is 0 Å². The van der Waals surface area contributed by atoms with Gasteiger partial charge in [0.2, 0.25) is 11.8 Å². The zero-order chi connectivity index (χ0) is 50.5. The smallest absolute Gasteiger partial charge is 0.386 e. The molecule has 2 aromatic heterocycles. The van der Waals surface area contributed by atoms with Crippen LogP contribution in [0.4, 0.5) is 5.82 Å². The normalized spacial score (nSPS) is 20.0. The fraction of sp³-hybridized carbons (Fsp3) is 0.800. The Morgan fingerprint density at radius 1 is 0.853 bits per heavy atom. The van der Waals surface area contributed by atoms with E-state index in [9.17, 15) is 57.9 Å². The van der Waals surface area contributed by atoms with E-state index < -0.39 is 84.6 Å². The van der Waals surface area contributed by atoms with Crippen LogP contribution >= 0.6 is 35.2 Å². The SMILES string of the molecule is CC(C)CCCCCCCCCCCCCCCC(=O)SCCNC(=O)CCNC(=O)C(O)C(C)(C)COP(=O)(O)OP(=O)(O)OCC1OC(n2cnc3c(N)ncnc32)C(O)C1OP(=O)(O)O. The Kier molecular flexibility index (Phi) is 25.7. The molecule has 0 saturated carbocycles. The summed E-state index contributed by atoms with van der Waals surface area (Å²) in [5, 5.41) is 26.7. The average Bonchev–Trinajstić information content (AvgIpc) is 3.81. The number of fused-ring (bicyclic) bond motifs is 1. The predicted molar refractivity (Wildman–Crippen MR) is 251 cm³/mol. The molecule has 1 fully saturated rings. The summed E-state index contributed by atoms with van der Waals surface area (Å²) in [6.45, 7) is 5.14. The highest BCUT2D eigenvalue weighted by molar-refractivity contribution is 8.13. The predicted octanol–water partition coefficient (Wildman–Crippen LogP) is 5.17. The molecule has 1 saturated heterocycles. The Labute approximate surface area is 401 Å². The molecule has 0 radical (unpaired) electrons. The number of rotatable bonds is 35. The van der Waals surface area contributed by atoms with Crippen molar-refractivity contribution in [1.29, 1.82) is 0 Å². The van der Waals surface area contributed by atoms with Crippen LogP contribution in [-0.2, 0) is 50.7 Å². The van der Waals surface area contributed by atoms with Gasteiger partial charge in [0.25, 0.3) is 0 Å². The molecule has 0 aromatic carbocycles. The number of nitrogens with zero attached hydrogens (tertiary/aromatic N) is 4. The van der Waals surface area contributed by atoms with E-state index in [2.05, 4.69) is 48.3 Å². The van der Waals surface area contributed by atoms with Crippen LogP contribution in [0.15, 0.2) is 12.7 Å². The summed E-state index contributed by atoms with van der Waals surface area (Å²) in [6.07, 6.45) is 11.0. The Morgan fingerprint density at radius 3 is 2.04 bits per heavy atom. The number of carbonyl (C=O) groups excluding carboxylic acids is 3. The van der Waals surface area contributed by atoms with Gasteiger partial charge < -0.3 is 50.9 Å². The Morgan fingerprint density at radius 2 is 1.44 bits per heavy atom. The van der Waals surface area contributed by atoms with Crippen molar-refractivity contribution in [2.24, 2.45) is 11.3 Å². The van der Waals surface area contributed by atoms with Crippen molar-refractivity contribution in [3.63, 3.8) is 0 Å². The number of nitrogens with two attached hydrogens (primary N) is 1. The van der Waals surface area contributed by atoms with Crippen LogP contribution in [0, 0.1) is 11.3 Å². The summed E-state index contributed by atoms with van der Waals surface area (Å²) in [4.78, 5) is 88.4. The molecule has 3 heterocycles. The second-order valence-electron chi connectivity index (χ2n) is 17.8. The molecule has 68 heavy (non-hydrogen) atoms. The topological polar surface area (TPSA) is 364 Å². The van der Waals surface area contributed by atoms with E-state index in [0.717, 1.165) is 54.2 Å². The molecule has 28 heteroatoms. The van der Waals surface area contributed by atoms with Gasteiger partial charge in [-0.3, -0.25) is 32.5 Å². The van der Waals surface area contributed by atoms with Gasteiger partial charge >= 0.3 is 23.5 Å². The van der Waals surface area contributed by atoms with Gasteiger partial charge in [0.1, 0.15) is 36.3 Å². The summed E-state index contributed by atoms with van der Waals surface area (Å²) in [7, 11) is -16.4. The highest BCUT2D eigenvalue weighted by Crippen LogP contribution is 2.61. The number of aliphatic hydroxyl groups is 2. The van der Waals surface area contributed by atoms with Crippen LogP contribution in [0.3, 0.4) is 0 Å². The summed E-state index contributed by atoms with van der Waals surface area (Å²) >= 11 is 1.16. The number of hydrogen-bond acceptors (Lipinski definition) is 18. The molecule has 2 aromatic rings. The Hall–Kier alpha value is -2.44. The molecule has 1 aliphatic rings. The van der Waals surface area contributed by atoms with Crippen LogP contribution in [-0.4, -0.2) is 123 Å². The number of phosphoric ester groups is 3. The molecular formula is C40H72N7O17P3S. The molecule has 0 aliphatic carbocycles. The van der Waals surface area contributed by atoms with Gasteiger partial charge in [0, 0.05) is 37.1 Å². The van der Waals surface area contributed by atoms with E-state index in [0.29, 0.717) is 12.2 Å². The lowest BCUT2D eigenvalue weighted by atomic mass is 9.87.